The molecule has 1 aromatic carbocycles. The number of fused-ring (bicyclic) bond motifs is 1. The van der Waals surface area contributed by atoms with Gasteiger partial charge in [0, 0.05) is 22.0 Å². The third-order valence-electron chi connectivity index (χ3n) is 3.41. The molecule has 19 heavy (non-hydrogen) atoms. The van der Waals surface area contributed by atoms with Gasteiger partial charge in [-0.3, -0.25) is 0 Å². The summed E-state index contributed by atoms with van der Waals surface area (Å²) in [5.41, 5.74) is 0.819. The van der Waals surface area contributed by atoms with Crippen molar-refractivity contribution < 1.29 is 13.5 Å². The quantitative estimate of drug-likeness (QED) is 0.814. The summed E-state index contributed by atoms with van der Waals surface area (Å²) in [7, 11) is 0. The lowest BCUT2D eigenvalue weighted by Gasteiger charge is -2.23. The van der Waals surface area contributed by atoms with Gasteiger partial charge in [-0.25, -0.2) is 13.5 Å². The van der Waals surface area contributed by atoms with Crippen molar-refractivity contribution in [3.63, 3.8) is 0 Å². The lowest BCUT2D eigenvalue weighted by molar-refractivity contribution is -0.0366. The smallest absolute Gasteiger partial charge is 0.264 e. The summed E-state index contributed by atoms with van der Waals surface area (Å²) in [6, 6.07) is 3.13. The van der Waals surface area contributed by atoms with Crippen LogP contribution >= 0.6 is 15.9 Å². The third-order valence-corrected chi connectivity index (χ3v) is 4.29. The molecule has 1 saturated heterocycles. The number of aromatic nitrogens is 2. The summed E-state index contributed by atoms with van der Waals surface area (Å²) in [5.74, 6) is 0. The molecule has 0 radical (unpaired) electrons. The van der Waals surface area contributed by atoms with Crippen LogP contribution in [0.3, 0.4) is 0 Å². The van der Waals surface area contributed by atoms with Crippen molar-refractivity contribution in [1.82, 2.24) is 9.78 Å². The number of rotatable bonds is 2. The van der Waals surface area contributed by atoms with Crippen LogP contribution in [0.2, 0.25) is 0 Å². The van der Waals surface area contributed by atoms with Gasteiger partial charge in [-0.1, -0.05) is 6.07 Å². The molecule has 1 aromatic heterocycles. The highest BCUT2D eigenvalue weighted by atomic mass is 79.9. The summed E-state index contributed by atoms with van der Waals surface area (Å²) in [6.45, 7) is 0.725. The average molecular weight is 331 g/mol. The Bertz CT molecular complexity index is 594. The van der Waals surface area contributed by atoms with E-state index in [0.29, 0.717) is 9.86 Å². The summed E-state index contributed by atoms with van der Waals surface area (Å²) < 4.78 is 33.6. The predicted molar refractivity (Wildman–Crippen MR) is 71.2 cm³/mol. The molecule has 2 aromatic rings. The lowest BCUT2D eigenvalue weighted by atomic mass is 10.1. The summed E-state index contributed by atoms with van der Waals surface area (Å²) in [6.07, 6.45) is 2.11. The molecule has 1 atom stereocenters. The molecule has 0 spiro atoms. The normalized spacial score (nSPS) is 20.3. The highest BCUT2D eigenvalue weighted by molar-refractivity contribution is 9.10. The molecule has 1 fully saturated rings. The standard InChI is InChI=1S/C13H13BrF2N2O/c14-12-8(13(15)16)4-5-10-9(12)7-17-18(10)11-3-1-2-6-19-11/h4-5,7,11,13H,1-3,6H2. The lowest BCUT2D eigenvalue weighted by Crippen LogP contribution is -2.18. The van der Waals surface area contributed by atoms with Crippen LogP contribution in [0, 0.1) is 0 Å². The van der Waals surface area contributed by atoms with E-state index < -0.39 is 6.43 Å². The molecule has 1 unspecified atom stereocenters. The minimum Gasteiger partial charge on any atom is -0.356 e. The van der Waals surface area contributed by atoms with Crippen LogP contribution < -0.4 is 0 Å². The van der Waals surface area contributed by atoms with Gasteiger partial charge in [0.1, 0.15) is 0 Å². The number of hydrogen-bond donors (Lipinski definition) is 0. The van der Waals surface area contributed by atoms with Crippen LogP contribution in [0.1, 0.15) is 37.5 Å². The fourth-order valence-electron chi connectivity index (χ4n) is 2.42. The Hall–Kier alpha value is -1.01. The molecular weight excluding hydrogens is 318 g/mol. The zero-order chi connectivity index (χ0) is 13.4. The zero-order valence-electron chi connectivity index (χ0n) is 10.2. The summed E-state index contributed by atoms with van der Waals surface area (Å²) in [4.78, 5) is 0. The summed E-state index contributed by atoms with van der Waals surface area (Å²) >= 11 is 3.25. The topological polar surface area (TPSA) is 27.1 Å². The number of benzene rings is 1. The van der Waals surface area contributed by atoms with Crippen LogP contribution in [-0.4, -0.2) is 16.4 Å². The molecule has 1 aliphatic rings. The van der Waals surface area contributed by atoms with Gasteiger partial charge in [0.2, 0.25) is 0 Å². The van der Waals surface area contributed by atoms with Crippen LogP contribution in [0.25, 0.3) is 10.9 Å². The second-order valence-corrected chi connectivity index (χ2v) is 5.41. The predicted octanol–water partition coefficient (Wildman–Crippen LogP) is 4.44. The second-order valence-electron chi connectivity index (χ2n) is 4.61. The van der Waals surface area contributed by atoms with Crippen molar-refractivity contribution in [3.8, 4) is 0 Å². The number of nitrogens with zero attached hydrogens (tertiary/aromatic N) is 2. The van der Waals surface area contributed by atoms with Gasteiger partial charge in [0.15, 0.2) is 6.23 Å². The van der Waals surface area contributed by atoms with Crippen LogP contribution in [0.4, 0.5) is 8.78 Å². The Morgan fingerprint density at radius 2 is 2.21 bits per heavy atom. The SMILES string of the molecule is FC(F)c1ccc2c(cnn2C2CCCCO2)c1Br. The number of alkyl halides is 2. The first kappa shape index (κ1) is 13.0. The van der Waals surface area contributed by atoms with Gasteiger partial charge in [-0.05, 0) is 41.3 Å². The first-order chi connectivity index (χ1) is 9.18. The first-order valence-corrected chi connectivity index (χ1v) is 7.03. The first-order valence-electron chi connectivity index (χ1n) is 6.24. The van der Waals surface area contributed by atoms with Crippen LogP contribution in [0.5, 0.6) is 0 Å². The second kappa shape index (κ2) is 5.17. The molecule has 0 amide bonds. The maximum absolute atomic E-state index is 12.8. The Kier molecular flexibility index (Phi) is 3.54. The largest absolute Gasteiger partial charge is 0.356 e. The number of hydrogen-bond acceptors (Lipinski definition) is 2. The van der Waals surface area contributed by atoms with E-state index in [9.17, 15) is 8.78 Å². The van der Waals surface area contributed by atoms with Crippen molar-refractivity contribution in [2.45, 2.75) is 31.9 Å². The summed E-state index contributed by atoms with van der Waals surface area (Å²) in [5, 5.41) is 5.00. The van der Waals surface area contributed by atoms with E-state index in [-0.39, 0.29) is 11.8 Å². The molecule has 1 aliphatic heterocycles. The molecule has 0 N–H and O–H groups in total. The van der Waals surface area contributed by atoms with E-state index in [2.05, 4.69) is 21.0 Å². The van der Waals surface area contributed by atoms with Gasteiger partial charge in [-0.15, -0.1) is 0 Å². The minimum atomic E-state index is -2.49. The van der Waals surface area contributed by atoms with Crippen LogP contribution in [0.15, 0.2) is 22.8 Å². The van der Waals surface area contributed by atoms with Gasteiger partial charge in [0.05, 0.1) is 11.7 Å². The minimum absolute atomic E-state index is 0.00314. The van der Waals surface area contributed by atoms with Crippen molar-refractivity contribution in [3.05, 3.63) is 28.4 Å². The van der Waals surface area contributed by atoms with E-state index in [0.717, 1.165) is 31.4 Å². The maximum atomic E-state index is 12.8. The Balaban J connectivity index is 2.06. The highest BCUT2D eigenvalue weighted by Gasteiger charge is 2.21. The highest BCUT2D eigenvalue weighted by Crippen LogP contribution is 2.35. The van der Waals surface area contributed by atoms with Gasteiger partial charge >= 0.3 is 0 Å². The van der Waals surface area contributed by atoms with Crippen molar-refractivity contribution >= 4 is 26.8 Å². The molecule has 2 heterocycles. The van der Waals surface area contributed by atoms with E-state index in [1.165, 1.54) is 6.07 Å². The van der Waals surface area contributed by atoms with Gasteiger partial charge < -0.3 is 4.74 Å². The molecular formula is C13H13BrF2N2O. The molecule has 0 saturated carbocycles. The van der Waals surface area contributed by atoms with Gasteiger partial charge in [0.25, 0.3) is 6.43 Å². The third kappa shape index (κ3) is 2.27. The average Bonchev–Trinajstić information content (AvgIpc) is 2.84. The van der Waals surface area contributed by atoms with E-state index in [4.69, 9.17) is 4.74 Å². The monoisotopic (exact) mass is 330 g/mol. The molecule has 0 bridgehead atoms. The van der Waals surface area contributed by atoms with Crippen molar-refractivity contribution in [2.24, 2.45) is 0 Å². The molecule has 3 rings (SSSR count). The number of ether oxygens (including phenoxy) is 1. The maximum Gasteiger partial charge on any atom is 0.264 e. The Morgan fingerprint density at radius 1 is 1.37 bits per heavy atom. The number of halogens is 3. The fraction of sp³-hybridized carbons (Fsp3) is 0.462. The van der Waals surface area contributed by atoms with Gasteiger partial charge in [-0.2, -0.15) is 5.10 Å². The zero-order valence-corrected chi connectivity index (χ0v) is 11.7. The Labute approximate surface area is 117 Å². The fourth-order valence-corrected chi connectivity index (χ4v) is 3.03. The van der Waals surface area contributed by atoms with E-state index in [1.807, 2.05) is 0 Å². The molecule has 6 heteroatoms. The Morgan fingerprint density at radius 3 is 2.89 bits per heavy atom. The van der Waals surface area contributed by atoms with Crippen molar-refractivity contribution in [1.29, 1.82) is 0 Å². The van der Waals surface area contributed by atoms with Crippen molar-refractivity contribution in [2.75, 3.05) is 6.61 Å². The van der Waals surface area contributed by atoms with E-state index in [1.54, 1.807) is 16.9 Å². The molecule has 0 aliphatic carbocycles. The molecule has 3 nitrogen and oxygen atoms in total. The van der Waals surface area contributed by atoms with E-state index >= 15 is 0 Å². The van der Waals surface area contributed by atoms with Crippen LogP contribution in [-0.2, 0) is 4.74 Å². The molecule has 102 valence electrons.